The number of nitrogens with zero attached hydrogens (tertiary/aromatic N) is 2. The van der Waals surface area contributed by atoms with Crippen molar-refractivity contribution >= 4 is 10.1 Å². The normalized spacial score (nSPS) is 38.0. The summed E-state index contributed by atoms with van der Waals surface area (Å²) in [5.74, 6) is 0. The second-order valence-electron chi connectivity index (χ2n) is 7.40. The highest BCUT2D eigenvalue weighted by Gasteiger charge is 2.53. The average Bonchev–Trinajstić information content (AvgIpc) is 2.48. The zero-order valence-electron chi connectivity index (χ0n) is 13.7. The molecule has 3 N–H and O–H groups in total. The van der Waals surface area contributed by atoms with Crippen LogP contribution < -0.4 is 0 Å². The highest BCUT2D eigenvalue weighted by molar-refractivity contribution is 7.85. The molecule has 0 atom stereocenters. The van der Waals surface area contributed by atoms with Crippen LogP contribution >= 0.6 is 0 Å². The van der Waals surface area contributed by atoms with Crippen LogP contribution in [0.15, 0.2) is 35.2 Å². The van der Waals surface area contributed by atoms with E-state index in [0.29, 0.717) is 0 Å². The van der Waals surface area contributed by atoms with E-state index < -0.39 is 10.1 Å². The molecule has 3 saturated heterocycles. The average molecular weight is 358 g/mol. The molecule has 0 aliphatic carbocycles. The van der Waals surface area contributed by atoms with Gasteiger partial charge in [0.25, 0.3) is 10.1 Å². The lowest BCUT2D eigenvalue weighted by Crippen LogP contribution is -2.79. The van der Waals surface area contributed by atoms with Crippen LogP contribution in [0.25, 0.3) is 0 Å². The number of quaternary nitrogens is 2. The molecule has 3 aliphatic rings. The summed E-state index contributed by atoms with van der Waals surface area (Å²) >= 11 is 0. The van der Waals surface area contributed by atoms with Crippen molar-refractivity contribution in [1.82, 2.24) is 0 Å². The molecule has 7 nitrogen and oxygen atoms in total. The zero-order valence-corrected chi connectivity index (χ0v) is 14.5. The number of rotatable bonds is 1. The smallest absolute Gasteiger partial charge is 0.294 e. The molecule has 1 aromatic carbocycles. The molecule has 0 amide bonds. The van der Waals surface area contributed by atoms with Gasteiger partial charge in [-0.25, -0.2) is 0 Å². The van der Waals surface area contributed by atoms with Crippen molar-refractivity contribution in [3.63, 3.8) is 0 Å². The number of benzene rings is 1. The van der Waals surface area contributed by atoms with Crippen LogP contribution in [-0.4, -0.2) is 96.7 Å². The summed E-state index contributed by atoms with van der Waals surface area (Å²) in [5, 5.41) is 18.7. The number of hydrogen-bond donors (Lipinski definition) is 3. The second kappa shape index (κ2) is 6.36. The second-order valence-corrected chi connectivity index (χ2v) is 8.83. The molecule has 1 aromatic rings. The Kier molecular flexibility index (Phi) is 4.71. The number of aliphatic hydroxyl groups excluding tert-OH is 2. The van der Waals surface area contributed by atoms with Crippen LogP contribution in [0.3, 0.4) is 0 Å². The van der Waals surface area contributed by atoms with E-state index >= 15 is 0 Å². The first-order valence-corrected chi connectivity index (χ1v) is 9.75. The third kappa shape index (κ3) is 3.79. The SMILES string of the molecule is O=S(=O)(O)c1ccccc1.OC1C[N+]2(CC[N+]3(CC2)CC(O)C3)C1. The maximum Gasteiger partial charge on any atom is 0.294 e. The molecule has 4 rings (SSSR count). The summed E-state index contributed by atoms with van der Waals surface area (Å²) in [7, 11) is -4.00. The maximum absolute atomic E-state index is 10.4. The van der Waals surface area contributed by atoms with Crippen LogP contribution in [0.4, 0.5) is 0 Å². The highest BCUT2D eigenvalue weighted by atomic mass is 32.2. The molecule has 0 bridgehead atoms. The van der Waals surface area contributed by atoms with Gasteiger partial charge in [0, 0.05) is 0 Å². The monoisotopic (exact) mass is 358 g/mol. The lowest BCUT2D eigenvalue weighted by atomic mass is 9.98. The van der Waals surface area contributed by atoms with Crippen molar-refractivity contribution in [2.45, 2.75) is 17.1 Å². The minimum absolute atomic E-state index is 0.0384. The van der Waals surface area contributed by atoms with Gasteiger partial charge in [0.2, 0.25) is 0 Å². The Bertz CT molecular complexity index is 629. The molecule has 3 heterocycles. The third-order valence-electron chi connectivity index (χ3n) is 5.53. The van der Waals surface area contributed by atoms with Crippen LogP contribution in [0, 0.1) is 0 Å². The molecule has 8 heteroatoms. The third-order valence-corrected chi connectivity index (χ3v) is 6.40. The van der Waals surface area contributed by atoms with Gasteiger partial charge < -0.3 is 19.2 Å². The fraction of sp³-hybridized carbons (Fsp3) is 0.625. The fourth-order valence-electron chi connectivity index (χ4n) is 4.08. The lowest BCUT2D eigenvalue weighted by Gasteiger charge is -2.58. The Balaban J connectivity index is 0.000000150. The van der Waals surface area contributed by atoms with Gasteiger partial charge in [-0.2, -0.15) is 8.42 Å². The fourth-order valence-corrected chi connectivity index (χ4v) is 4.58. The van der Waals surface area contributed by atoms with Crippen LogP contribution in [0.5, 0.6) is 0 Å². The van der Waals surface area contributed by atoms with Gasteiger partial charge in [0.15, 0.2) is 12.2 Å². The molecule has 24 heavy (non-hydrogen) atoms. The van der Waals surface area contributed by atoms with Crippen LogP contribution in [0.1, 0.15) is 0 Å². The van der Waals surface area contributed by atoms with Gasteiger partial charge >= 0.3 is 0 Å². The Morgan fingerprint density at radius 3 is 1.42 bits per heavy atom. The molecule has 0 aromatic heterocycles. The molecular formula is C16H26N2O5S+2. The van der Waals surface area contributed by atoms with E-state index in [1.54, 1.807) is 18.2 Å². The van der Waals surface area contributed by atoms with E-state index in [2.05, 4.69) is 0 Å². The van der Waals surface area contributed by atoms with Crippen molar-refractivity contribution in [1.29, 1.82) is 0 Å². The standard InChI is InChI=1S/C10H20N2O2.C6H6O3S/c13-9-5-11(6-9)1-2-12(4-3-11)7-10(14)8-12;7-10(8,9)6-4-2-1-3-5-6/h9-10,13-14H,1-8H2;1-5H,(H,7,8,9)/q+2;. The minimum atomic E-state index is -4.00. The minimum Gasteiger partial charge on any atom is -0.382 e. The van der Waals surface area contributed by atoms with E-state index in [1.165, 1.54) is 38.3 Å². The number of piperazine rings is 1. The molecule has 2 spiro atoms. The van der Waals surface area contributed by atoms with E-state index in [-0.39, 0.29) is 17.1 Å². The van der Waals surface area contributed by atoms with Gasteiger partial charge in [0.05, 0.1) is 4.90 Å². The predicted octanol–water partition coefficient (Wildman–Crippen LogP) is -0.684. The van der Waals surface area contributed by atoms with Gasteiger partial charge in [-0.3, -0.25) is 4.55 Å². The topological polar surface area (TPSA) is 94.8 Å². The van der Waals surface area contributed by atoms with E-state index in [1.807, 2.05) is 0 Å². The van der Waals surface area contributed by atoms with Gasteiger partial charge in [-0.05, 0) is 12.1 Å². The molecule has 0 saturated carbocycles. The summed E-state index contributed by atoms with van der Waals surface area (Å²) < 4.78 is 31.5. The molecule has 0 radical (unpaired) electrons. The molecule has 134 valence electrons. The summed E-state index contributed by atoms with van der Waals surface area (Å²) in [4.78, 5) is -0.0741. The summed E-state index contributed by atoms with van der Waals surface area (Å²) in [6, 6.07) is 7.42. The van der Waals surface area contributed by atoms with Gasteiger partial charge in [0.1, 0.15) is 52.4 Å². The Labute approximate surface area is 142 Å². The predicted molar refractivity (Wildman–Crippen MR) is 87.7 cm³/mol. The molecule has 3 fully saturated rings. The lowest BCUT2D eigenvalue weighted by molar-refractivity contribution is -1.07. The van der Waals surface area contributed by atoms with Crippen molar-refractivity contribution in [2.24, 2.45) is 0 Å². The van der Waals surface area contributed by atoms with Crippen molar-refractivity contribution in [2.75, 3.05) is 52.4 Å². The summed E-state index contributed by atoms with van der Waals surface area (Å²) in [6.07, 6.45) is -0.0768. The van der Waals surface area contributed by atoms with E-state index in [0.717, 1.165) is 35.1 Å². The molecular weight excluding hydrogens is 332 g/mol. The maximum atomic E-state index is 10.4. The zero-order chi connectivity index (χ0) is 17.4. The van der Waals surface area contributed by atoms with Crippen molar-refractivity contribution in [3.8, 4) is 0 Å². The highest BCUT2D eigenvalue weighted by Crippen LogP contribution is 2.30. The van der Waals surface area contributed by atoms with Crippen LogP contribution in [-0.2, 0) is 10.1 Å². The number of aliphatic hydroxyl groups is 2. The van der Waals surface area contributed by atoms with Gasteiger partial charge in [-0.15, -0.1) is 0 Å². The Hall–Kier alpha value is -1.03. The van der Waals surface area contributed by atoms with Crippen molar-refractivity contribution in [3.05, 3.63) is 30.3 Å². The van der Waals surface area contributed by atoms with Crippen LogP contribution in [0.2, 0.25) is 0 Å². The van der Waals surface area contributed by atoms with Crippen molar-refractivity contribution < 1.29 is 32.1 Å². The summed E-state index contributed by atoms with van der Waals surface area (Å²) in [5.41, 5.74) is 0. The quantitative estimate of drug-likeness (QED) is 0.457. The van der Waals surface area contributed by atoms with E-state index in [4.69, 9.17) is 4.55 Å². The number of hydrogen-bond acceptors (Lipinski definition) is 4. The summed E-state index contributed by atoms with van der Waals surface area (Å²) in [6.45, 7) is 8.75. The first-order valence-electron chi connectivity index (χ1n) is 8.31. The van der Waals surface area contributed by atoms with E-state index in [9.17, 15) is 18.6 Å². The molecule has 3 aliphatic heterocycles. The first kappa shape index (κ1) is 17.8. The largest absolute Gasteiger partial charge is 0.382 e. The van der Waals surface area contributed by atoms with Gasteiger partial charge in [-0.1, -0.05) is 18.2 Å². The molecule has 0 unspecified atom stereocenters. The Morgan fingerprint density at radius 2 is 1.17 bits per heavy atom. The first-order chi connectivity index (χ1) is 11.2. The Morgan fingerprint density at radius 1 is 0.792 bits per heavy atom.